The summed E-state index contributed by atoms with van der Waals surface area (Å²) in [6.45, 7) is 3.64. The normalized spacial score (nSPS) is 20.3. The lowest BCUT2D eigenvalue weighted by Crippen LogP contribution is -2.42. The highest BCUT2D eigenvalue weighted by atomic mass is 16.8. The van der Waals surface area contributed by atoms with E-state index in [2.05, 4.69) is 20.1 Å². The van der Waals surface area contributed by atoms with Crippen molar-refractivity contribution in [2.45, 2.75) is 56.8 Å². The number of azide groups is 2. The monoisotopic (exact) mass is 478 g/mol. The summed E-state index contributed by atoms with van der Waals surface area (Å²) in [6, 6.07) is 15.1. The van der Waals surface area contributed by atoms with Crippen LogP contribution in [0.25, 0.3) is 20.9 Å². The first kappa shape index (κ1) is 26.2. The van der Waals surface area contributed by atoms with Gasteiger partial charge in [0.15, 0.2) is 5.79 Å². The molecule has 186 valence electrons. The first-order valence-corrected chi connectivity index (χ1v) is 11.6. The number of nitrogens with zero attached hydrogens (tertiary/aromatic N) is 8. The molecule has 1 saturated heterocycles. The molecule has 1 aliphatic heterocycles. The Bertz CT molecular complexity index is 986. The third-order valence-corrected chi connectivity index (χ3v) is 6.12. The van der Waals surface area contributed by atoms with E-state index in [9.17, 15) is 11.1 Å². The van der Waals surface area contributed by atoms with Gasteiger partial charge in [-0.05, 0) is 73.1 Å². The molecule has 0 spiro atoms. The number of anilines is 2. The average molecular weight is 479 g/mol. The van der Waals surface area contributed by atoms with Gasteiger partial charge in [-0.3, -0.25) is 0 Å². The third kappa shape index (κ3) is 6.81. The summed E-state index contributed by atoms with van der Waals surface area (Å²) in [5.74, 6) is -0.911. The zero-order valence-electron chi connectivity index (χ0n) is 21.2. The molecule has 10 nitrogen and oxygen atoms in total. The maximum atomic E-state index is 9.33. The van der Waals surface area contributed by atoms with Crippen LogP contribution in [0.3, 0.4) is 0 Å². The van der Waals surface area contributed by atoms with Crippen LogP contribution < -0.4 is 9.80 Å². The molecule has 0 N–H and O–H groups in total. The van der Waals surface area contributed by atoms with Gasteiger partial charge in [0.05, 0.1) is 24.3 Å². The van der Waals surface area contributed by atoms with Crippen molar-refractivity contribution in [1.29, 1.82) is 0 Å². The number of rotatable bonds is 10. The molecule has 3 rings (SSSR count). The molecule has 2 aromatic carbocycles. The molecule has 0 unspecified atom stereocenters. The van der Waals surface area contributed by atoms with Crippen molar-refractivity contribution in [2.24, 2.45) is 10.2 Å². The molecule has 4 atom stereocenters. The standard InChI is InChI=1S/C25H34N8O2/c1-25(2)34-23(21(28-30-26)15-17-7-11-19(12-8-17)32(3)4)24(35-25)22(29-31-27)16-18-9-13-20(14-10-18)33(5)6/h7-14,21-24H,15-16H2,1-6H3/t21-,22-,23+,24+/m1/s1. The third-order valence-electron chi connectivity index (χ3n) is 6.12. The quantitative estimate of drug-likeness (QED) is 0.255. The maximum Gasteiger partial charge on any atom is 0.163 e. The predicted octanol–water partition coefficient (Wildman–Crippen LogP) is 5.48. The molecular weight excluding hydrogens is 444 g/mol. The highest BCUT2D eigenvalue weighted by Crippen LogP contribution is 2.36. The number of ether oxygens (including phenoxy) is 2. The van der Waals surface area contributed by atoms with E-state index >= 15 is 0 Å². The lowest BCUT2D eigenvalue weighted by molar-refractivity contribution is -0.149. The van der Waals surface area contributed by atoms with E-state index in [-0.39, 0.29) is 0 Å². The molecular formula is C25H34N8O2. The summed E-state index contributed by atoms with van der Waals surface area (Å²) in [5.41, 5.74) is 22.8. The largest absolute Gasteiger partial charge is 0.378 e. The Morgan fingerprint density at radius 3 is 1.37 bits per heavy atom. The minimum Gasteiger partial charge on any atom is -0.378 e. The molecule has 0 aliphatic carbocycles. The van der Waals surface area contributed by atoms with Crippen molar-refractivity contribution in [3.8, 4) is 0 Å². The van der Waals surface area contributed by atoms with Gasteiger partial charge in [-0.1, -0.05) is 34.5 Å². The molecule has 0 bridgehead atoms. The molecule has 10 heteroatoms. The van der Waals surface area contributed by atoms with Crippen molar-refractivity contribution in [1.82, 2.24) is 0 Å². The highest BCUT2D eigenvalue weighted by molar-refractivity contribution is 5.47. The minimum absolute atomic E-state index is 0.471. The molecule has 1 aliphatic rings. The second-order valence-electron chi connectivity index (χ2n) is 9.64. The van der Waals surface area contributed by atoms with Crippen molar-refractivity contribution >= 4 is 11.4 Å². The lowest BCUT2D eigenvalue weighted by atomic mass is 9.92. The van der Waals surface area contributed by atoms with Crippen LogP contribution in [0.2, 0.25) is 0 Å². The molecule has 2 aromatic rings. The van der Waals surface area contributed by atoms with Gasteiger partial charge in [-0.15, -0.1) is 0 Å². The molecule has 0 radical (unpaired) electrons. The highest BCUT2D eigenvalue weighted by Gasteiger charge is 2.48. The van der Waals surface area contributed by atoms with Gasteiger partial charge in [0.2, 0.25) is 0 Å². The summed E-state index contributed by atoms with van der Waals surface area (Å²) in [5, 5.41) is 8.16. The minimum atomic E-state index is -0.911. The molecule has 1 heterocycles. The van der Waals surface area contributed by atoms with Crippen LogP contribution in [0.1, 0.15) is 25.0 Å². The SMILES string of the molecule is CN(C)c1ccc(C[C@@H](N=[N+]=[N-])[C@@H]2OC(C)(C)O[C@H]2[C@@H](Cc2ccc(N(C)C)cc2)N=[N+]=[N-])cc1. The fraction of sp³-hybridized carbons (Fsp3) is 0.520. The summed E-state index contributed by atoms with van der Waals surface area (Å²) in [4.78, 5) is 10.2. The first-order chi connectivity index (χ1) is 16.6. The summed E-state index contributed by atoms with van der Waals surface area (Å²) in [7, 11) is 7.94. The van der Waals surface area contributed by atoms with Gasteiger partial charge in [0.1, 0.15) is 0 Å². The Balaban J connectivity index is 1.87. The summed E-state index contributed by atoms with van der Waals surface area (Å²) in [6.07, 6.45) is -0.213. The summed E-state index contributed by atoms with van der Waals surface area (Å²) < 4.78 is 12.5. The van der Waals surface area contributed by atoms with E-state index in [1.54, 1.807) is 0 Å². The van der Waals surface area contributed by atoms with Gasteiger partial charge in [-0.2, -0.15) is 0 Å². The fourth-order valence-electron chi connectivity index (χ4n) is 4.33. The Kier molecular flexibility index (Phi) is 8.48. The van der Waals surface area contributed by atoms with Crippen LogP contribution in [0.5, 0.6) is 0 Å². The fourth-order valence-corrected chi connectivity index (χ4v) is 4.33. The lowest BCUT2D eigenvalue weighted by Gasteiger charge is -2.27. The van der Waals surface area contributed by atoms with Gasteiger partial charge in [-0.25, -0.2) is 0 Å². The van der Waals surface area contributed by atoms with E-state index in [4.69, 9.17) is 9.47 Å². The Morgan fingerprint density at radius 1 is 0.743 bits per heavy atom. The van der Waals surface area contributed by atoms with Gasteiger partial charge < -0.3 is 19.3 Å². The Labute approximate surface area is 206 Å². The smallest absolute Gasteiger partial charge is 0.163 e. The van der Waals surface area contributed by atoms with Crippen LogP contribution >= 0.6 is 0 Å². The van der Waals surface area contributed by atoms with Crippen molar-refractivity contribution in [3.63, 3.8) is 0 Å². The van der Waals surface area contributed by atoms with Crippen molar-refractivity contribution in [3.05, 3.63) is 80.5 Å². The van der Waals surface area contributed by atoms with Gasteiger partial charge >= 0.3 is 0 Å². The second kappa shape index (κ2) is 11.3. The van der Waals surface area contributed by atoms with E-state index in [0.717, 1.165) is 22.5 Å². The van der Waals surface area contributed by atoms with Crippen LogP contribution in [-0.4, -0.2) is 58.3 Å². The van der Waals surface area contributed by atoms with Gasteiger partial charge in [0.25, 0.3) is 0 Å². The zero-order chi connectivity index (χ0) is 25.6. The molecule has 35 heavy (non-hydrogen) atoms. The Hall–Kier alpha value is -3.42. The van der Waals surface area contributed by atoms with E-state index in [1.165, 1.54) is 0 Å². The molecule has 1 fully saturated rings. The summed E-state index contributed by atoms with van der Waals surface area (Å²) >= 11 is 0. The first-order valence-electron chi connectivity index (χ1n) is 11.6. The van der Waals surface area contributed by atoms with Crippen molar-refractivity contribution in [2.75, 3.05) is 38.0 Å². The number of benzene rings is 2. The molecule has 0 saturated carbocycles. The van der Waals surface area contributed by atoms with Crippen LogP contribution in [0.15, 0.2) is 58.8 Å². The van der Waals surface area contributed by atoms with E-state index in [1.807, 2.05) is 100 Å². The number of hydrogen-bond acceptors (Lipinski definition) is 6. The topological polar surface area (TPSA) is 122 Å². The Morgan fingerprint density at radius 2 is 1.09 bits per heavy atom. The maximum absolute atomic E-state index is 9.33. The predicted molar refractivity (Wildman–Crippen MR) is 139 cm³/mol. The van der Waals surface area contributed by atoms with Crippen LogP contribution in [0.4, 0.5) is 11.4 Å². The second-order valence-corrected chi connectivity index (χ2v) is 9.64. The van der Waals surface area contributed by atoms with E-state index < -0.39 is 30.1 Å². The average Bonchev–Trinajstić information content (AvgIpc) is 3.14. The molecule has 0 amide bonds. The number of hydrogen-bond donors (Lipinski definition) is 0. The van der Waals surface area contributed by atoms with Crippen LogP contribution in [-0.2, 0) is 22.3 Å². The van der Waals surface area contributed by atoms with Crippen molar-refractivity contribution < 1.29 is 9.47 Å². The van der Waals surface area contributed by atoms with E-state index in [0.29, 0.717) is 12.8 Å². The molecule has 0 aromatic heterocycles. The van der Waals surface area contributed by atoms with Crippen LogP contribution in [0, 0.1) is 0 Å². The van der Waals surface area contributed by atoms with Gasteiger partial charge in [0, 0.05) is 49.4 Å². The zero-order valence-corrected chi connectivity index (χ0v) is 21.2.